The molecule has 0 spiro atoms. The fourth-order valence-corrected chi connectivity index (χ4v) is 4.68. The summed E-state index contributed by atoms with van der Waals surface area (Å²) in [5.74, 6) is 0.0871. The predicted molar refractivity (Wildman–Crippen MR) is 115 cm³/mol. The number of benzene rings is 1. The van der Waals surface area contributed by atoms with E-state index in [0.29, 0.717) is 6.54 Å². The number of nitrogens with zero attached hydrogens (tertiary/aromatic N) is 2. The van der Waals surface area contributed by atoms with Crippen molar-refractivity contribution < 1.29 is 4.79 Å². The number of anilines is 1. The van der Waals surface area contributed by atoms with Gasteiger partial charge >= 0.3 is 0 Å². The molecule has 1 aromatic heterocycles. The van der Waals surface area contributed by atoms with E-state index in [1.54, 1.807) is 11.3 Å². The quantitative estimate of drug-likeness (QED) is 0.746. The first-order chi connectivity index (χ1) is 13.1. The number of halogens is 1. The van der Waals surface area contributed by atoms with E-state index in [0.717, 1.165) is 55.6 Å². The van der Waals surface area contributed by atoms with Gasteiger partial charge in [-0.25, -0.2) is 0 Å². The first kappa shape index (κ1) is 20.3. The van der Waals surface area contributed by atoms with Crippen LogP contribution in [0.4, 0.5) is 5.69 Å². The second kappa shape index (κ2) is 9.69. The highest BCUT2D eigenvalue weighted by molar-refractivity contribution is 7.16. The highest BCUT2D eigenvalue weighted by atomic mass is 35.5. The molecule has 0 aliphatic carbocycles. The Morgan fingerprint density at radius 3 is 2.22 bits per heavy atom. The minimum Gasteiger partial charge on any atom is -0.324 e. The molecule has 1 saturated heterocycles. The molecular formula is C21H28ClN3OS. The van der Waals surface area contributed by atoms with E-state index in [2.05, 4.69) is 53.2 Å². The molecule has 0 saturated carbocycles. The van der Waals surface area contributed by atoms with Crippen LogP contribution < -0.4 is 5.32 Å². The third-order valence-corrected chi connectivity index (χ3v) is 6.32. The SMILES string of the molecule is CCc1cccc(CC)c1NC(=O)CN1CCN(Cc2ccc(Cl)s2)CC1. The fourth-order valence-electron chi connectivity index (χ4n) is 3.55. The molecule has 27 heavy (non-hydrogen) atoms. The maximum Gasteiger partial charge on any atom is 0.238 e. The van der Waals surface area contributed by atoms with Gasteiger partial charge in [0.05, 0.1) is 10.9 Å². The molecular weight excluding hydrogens is 378 g/mol. The van der Waals surface area contributed by atoms with Gasteiger partial charge in [0, 0.05) is 43.3 Å². The molecule has 1 aliphatic rings. The van der Waals surface area contributed by atoms with Crippen molar-refractivity contribution >= 4 is 34.5 Å². The van der Waals surface area contributed by atoms with Crippen LogP contribution in [0.3, 0.4) is 0 Å². The van der Waals surface area contributed by atoms with Gasteiger partial charge in [-0.05, 0) is 36.1 Å². The van der Waals surface area contributed by atoms with E-state index >= 15 is 0 Å². The zero-order valence-corrected chi connectivity index (χ0v) is 17.7. The number of thiophene rings is 1. The van der Waals surface area contributed by atoms with Gasteiger partial charge in [0.25, 0.3) is 0 Å². The Labute approximate surface area is 171 Å². The average Bonchev–Trinajstić information content (AvgIpc) is 3.08. The number of rotatable bonds is 7. The van der Waals surface area contributed by atoms with E-state index in [9.17, 15) is 4.79 Å². The fraction of sp³-hybridized carbons (Fsp3) is 0.476. The number of nitrogens with one attached hydrogen (secondary N) is 1. The molecule has 1 amide bonds. The molecule has 2 aromatic rings. The first-order valence-corrected chi connectivity index (χ1v) is 10.9. The van der Waals surface area contributed by atoms with Gasteiger partial charge in [-0.15, -0.1) is 11.3 Å². The summed E-state index contributed by atoms with van der Waals surface area (Å²) in [6.07, 6.45) is 1.85. The molecule has 0 unspecified atom stereocenters. The third kappa shape index (κ3) is 5.55. The molecule has 0 atom stereocenters. The van der Waals surface area contributed by atoms with Gasteiger partial charge < -0.3 is 5.32 Å². The van der Waals surface area contributed by atoms with E-state index in [1.165, 1.54) is 16.0 Å². The zero-order valence-electron chi connectivity index (χ0n) is 16.1. The average molecular weight is 406 g/mol. The molecule has 2 heterocycles. The highest BCUT2D eigenvalue weighted by Gasteiger charge is 2.20. The van der Waals surface area contributed by atoms with E-state index in [1.807, 2.05) is 6.07 Å². The van der Waals surface area contributed by atoms with Gasteiger partial charge in [0.2, 0.25) is 5.91 Å². The zero-order chi connectivity index (χ0) is 19.2. The van der Waals surface area contributed by atoms with Crippen LogP contribution in [0.2, 0.25) is 4.34 Å². The highest BCUT2D eigenvalue weighted by Crippen LogP contribution is 2.24. The van der Waals surface area contributed by atoms with Crippen LogP contribution in [0, 0.1) is 0 Å². The predicted octanol–water partition coefficient (Wildman–Crippen LogP) is 4.28. The van der Waals surface area contributed by atoms with Crippen LogP contribution in [0.15, 0.2) is 30.3 Å². The summed E-state index contributed by atoms with van der Waals surface area (Å²) >= 11 is 7.66. The smallest absolute Gasteiger partial charge is 0.238 e. The van der Waals surface area contributed by atoms with Crippen molar-refractivity contribution in [1.29, 1.82) is 0 Å². The molecule has 3 rings (SSSR count). The van der Waals surface area contributed by atoms with Gasteiger partial charge in [-0.1, -0.05) is 43.6 Å². The van der Waals surface area contributed by atoms with E-state index in [4.69, 9.17) is 11.6 Å². The minimum absolute atomic E-state index is 0.0871. The van der Waals surface area contributed by atoms with E-state index < -0.39 is 0 Å². The summed E-state index contributed by atoms with van der Waals surface area (Å²) in [5.41, 5.74) is 3.44. The third-order valence-electron chi connectivity index (χ3n) is 5.10. The molecule has 146 valence electrons. The number of para-hydroxylation sites is 1. The van der Waals surface area contributed by atoms with Gasteiger partial charge in [0.1, 0.15) is 0 Å². The number of carbonyl (C=O) groups excluding carboxylic acids is 1. The maximum atomic E-state index is 12.6. The van der Waals surface area contributed by atoms with Crippen molar-refractivity contribution in [3.8, 4) is 0 Å². The Balaban J connectivity index is 1.50. The van der Waals surface area contributed by atoms with Crippen molar-refractivity contribution in [3.63, 3.8) is 0 Å². The molecule has 4 nitrogen and oxygen atoms in total. The van der Waals surface area contributed by atoms with Gasteiger partial charge in [-0.2, -0.15) is 0 Å². The Bertz CT molecular complexity index is 746. The standard InChI is InChI=1S/C21H28ClN3OS/c1-3-16-6-5-7-17(4-2)21(16)23-20(26)15-25-12-10-24(11-13-25)14-18-8-9-19(22)27-18/h5-9H,3-4,10-15H2,1-2H3,(H,23,26). The normalized spacial score (nSPS) is 15.8. The summed E-state index contributed by atoms with van der Waals surface area (Å²) in [6.45, 7) is 9.46. The van der Waals surface area contributed by atoms with Gasteiger partial charge in [-0.3, -0.25) is 14.6 Å². The van der Waals surface area contributed by atoms with Crippen LogP contribution in [-0.4, -0.2) is 48.4 Å². The molecule has 0 bridgehead atoms. The number of hydrogen-bond donors (Lipinski definition) is 1. The number of piperazine rings is 1. The topological polar surface area (TPSA) is 35.6 Å². The summed E-state index contributed by atoms with van der Waals surface area (Å²) in [7, 11) is 0. The molecule has 1 fully saturated rings. The van der Waals surface area contributed by atoms with Crippen LogP contribution in [0.25, 0.3) is 0 Å². The first-order valence-electron chi connectivity index (χ1n) is 9.68. The summed E-state index contributed by atoms with van der Waals surface area (Å²) < 4.78 is 0.846. The van der Waals surface area contributed by atoms with Crippen molar-refractivity contribution in [2.45, 2.75) is 33.2 Å². The second-order valence-electron chi connectivity index (χ2n) is 6.96. The summed E-state index contributed by atoms with van der Waals surface area (Å²) in [6, 6.07) is 10.3. The van der Waals surface area contributed by atoms with Crippen molar-refractivity contribution in [3.05, 3.63) is 50.7 Å². The molecule has 1 N–H and O–H groups in total. The second-order valence-corrected chi connectivity index (χ2v) is 8.76. The molecule has 1 aliphatic heterocycles. The number of amides is 1. The van der Waals surface area contributed by atoms with Crippen LogP contribution in [-0.2, 0) is 24.2 Å². The monoisotopic (exact) mass is 405 g/mol. The van der Waals surface area contributed by atoms with Crippen molar-refractivity contribution in [2.24, 2.45) is 0 Å². The Morgan fingerprint density at radius 1 is 1.04 bits per heavy atom. The molecule has 6 heteroatoms. The molecule has 0 radical (unpaired) electrons. The molecule has 1 aromatic carbocycles. The lowest BCUT2D eigenvalue weighted by Crippen LogP contribution is -2.48. The largest absolute Gasteiger partial charge is 0.324 e. The maximum absolute atomic E-state index is 12.6. The lowest BCUT2D eigenvalue weighted by Gasteiger charge is -2.34. The summed E-state index contributed by atoms with van der Waals surface area (Å²) in [5, 5.41) is 3.17. The summed E-state index contributed by atoms with van der Waals surface area (Å²) in [4.78, 5) is 18.6. The Hall–Kier alpha value is -1.40. The van der Waals surface area contributed by atoms with Gasteiger partial charge in [0.15, 0.2) is 0 Å². The number of aryl methyl sites for hydroxylation is 2. The Morgan fingerprint density at radius 2 is 1.67 bits per heavy atom. The van der Waals surface area contributed by atoms with Crippen LogP contribution in [0.5, 0.6) is 0 Å². The minimum atomic E-state index is 0.0871. The van der Waals surface area contributed by atoms with Crippen LogP contribution >= 0.6 is 22.9 Å². The lowest BCUT2D eigenvalue weighted by atomic mass is 10.0. The van der Waals surface area contributed by atoms with Crippen molar-refractivity contribution in [1.82, 2.24) is 9.80 Å². The van der Waals surface area contributed by atoms with E-state index in [-0.39, 0.29) is 5.91 Å². The van der Waals surface area contributed by atoms with Crippen molar-refractivity contribution in [2.75, 3.05) is 38.0 Å². The Kier molecular flexibility index (Phi) is 7.30. The lowest BCUT2D eigenvalue weighted by molar-refractivity contribution is -0.117. The number of hydrogen-bond acceptors (Lipinski definition) is 4. The number of carbonyl (C=O) groups is 1. The van der Waals surface area contributed by atoms with Crippen LogP contribution in [0.1, 0.15) is 29.9 Å².